The Morgan fingerprint density at radius 2 is 2.24 bits per heavy atom. The number of aryl methyl sites for hydroxylation is 1. The molecule has 0 atom stereocenters. The summed E-state index contributed by atoms with van der Waals surface area (Å²) in [7, 11) is 0. The topological polar surface area (TPSA) is 75.1 Å². The third-order valence-corrected chi connectivity index (χ3v) is 2.50. The maximum Gasteiger partial charge on any atom is 0.305 e. The molecule has 0 aliphatic carbocycles. The van der Waals surface area contributed by atoms with Crippen molar-refractivity contribution in [2.24, 2.45) is 0 Å². The van der Waals surface area contributed by atoms with Gasteiger partial charge in [0.1, 0.15) is 12.1 Å². The third-order valence-electron chi connectivity index (χ3n) is 2.50. The van der Waals surface area contributed by atoms with Crippen molar-refractivity contribution in [1.82, 2.24) is 9.97 Å². The van der Waals surface area contributed by atoms with Gasteiger partial charge >= 0.3 is 5.97 Å². The van der Waals surface area contributed by atoms with Crippen LogP contribution in [0.5, 0.6) is 0 Å². The molecule has 0 amide bonds. The number of para-hydroxylation sites is 1. The highest BCUT2D eigenvalue weighted by molar-refractivity contribution is 5.90. The van der Waals surface area contributed by atoms with Crippen molar-refractivity contribution >= 4 is 22.7 Å². The molecular weight excluding hydrogens is 218 g/mol. The number of aliphatic carboxylic acids is 1. The van der Waals surface area contributed by atoms with Crippen molar-refractivity contribution in [2.45, 2.75) is 13.3 Å². The monoisotopic (exact) mass is 231 g/mol. The molecule has 0 spiro atoms. The van der Waals surface area contributed by atoms with Gasteiger partial charge in [0.25, 0.3) is 0 Å². The number of hydrogen-bond donors (Lipinski definition) is 2. The maximum absolute atomic E-state index is 10.4. The first kappa shape index (κ1) is 11.3. The van der Waals surface area contributed by atoms with Gasteiger partial charge < -0.3 is 10.4 Å². The number of anilines is 1. The molecule has 0 aliphatic rings. The van der Waals surface area contributed by atoms with Crippen LogP contribution in [0.3, 0.4) is 0 Å². The molecule has 88 valence electrons. The lowest BCUT2D eigenvalue weighted by Gasteiger charge is -2.08. The van der Waals surface area contributed by atoms with Crippen LogP contribution in [0.4, 0.5) is 5.82 Å². The second kappa shape index (κ2) is 4.78. The largest absolute Gasteiger partial charge is 0.481 e. The molecule has 0 aliphatic heterocycles. The maximum atomic E-state index is 10.4. The number of hydrogen-bond acceptors (Lipinski definition) is 4. The Bertz CT molecular complexity index is 554. The van der Waals surface area contributed by atoms with E-state index in [0.29, 0.717) is 12.4 Å². The van der Waals surface area contributed by atoms with Gasteiger partial charge in [-0.15, -0.1) is 0 Å². The van der Waals surface area contributed by atoms with Gasteiger partial charge in [0, 0.05) is 11.9 Å². The first-order valence-electron chi connectivity index (χ1n) is 5.34. The number of aromatic nitrogens is 2. The molecule has 17 heavy (non-hydrogen) atoms. The number of carboxylic acid groups (broad SMARTS) is 1. The lowest BCUT2D eigenvalue weighted by Crippen LogP contribution is -2.09. The van der Waals surface area contributed by atoms with Crippen LogP contribution in [0.1, 0.15) is 12.0 Å². The van der Waals surface area contributed by atoms with Crippen LogP contribution in [0.25, 0.3) is 10.9 Å². The van der Waals surface area contributed by atoms with Crippen LogP contribution in [-0.4, -0.2) is 27.6 Å². The van der Waals surface area contributed by atoms with Crippen LogP contribution in [0.15, 0.2) is 24.5 Å². The fourth-order valence-corrected chi connectivity index (χ4v) is 1.66. The third kappa shape index (κ3) is 2.50. The number of carboxylic acids is 1. The number of nitrogens with one attached hydrogen (secondary N) is 1. The molecule has 1 aromatic carbocycles. The smallest absolute Gasteiger partial charge is 0.305 e. The van der Waals surface area contributed by atoms with Crippen LogP contribution in [0.2, 0.25) is 0 Å². The zero-order valence-corrected chi connectivity index (χ0v) is 9.47. The van der Waals surface area contributed by atoms with Crippen molar-refractivity contribution in [2.75, 3.05) is 11.9 Å². The molecule has 2 N–H and O–H groups in total. The summed E-state index contributed by atoms with van der Waals surface area (Å²) < 4.78 is 0. The summed E-state index contributed by atoms with van der Waals surface area (Å²) in [5, 5.41) is 12.5. The van der Waals surface area contributed by atoms with Gasteiger partial charge in [0.2, 0.25) is 0 Å². The van der Waals surface area contributed by atoms with Gasteiger partial charge in [-0.3, -0.25) is 4.79 Å². The Hall–Kier alpha value is -2.17. The molecule has 0 bridgehead atoms. The highest BCUT2D eigenvalue weighted by atomic mass is 16.4. The van der Waals surface area contributed by atoms with Gasteiger partial charge in [-0.2, -0.15) is 0 Å². The minimum Gasteiger partial charge on any atom is -0.481 e. The molecule has 5 nitrogen and oxygen atoms in total. The van der Waals surface area contributed by atoms with E-state index < -0.39 is 5.97 Å². The Morgan fingerprint density at radius 1 is 1.41 bits per heavy atom. The number of rotatable bonds is 4. The fourth-order valence-electron chi connectivity index (χ4n) is 1.66. The first-order valence-corrected chi connectivity index (χ1v) is 5.34. The molecular formula is C12H13N3O2. The minimum absolute atomic E-state index is 0.0668. The van der Waals surface area contributed by atoms with E-state index in [-0.39, 0.29) is 6.42 Å². The predicted molar refractivity (Wildman–Crippen MR) is 65.0 cm³/mol. The summed E-state index contributed by atoms with van der Waals surface area (Å²) >= 11 is 0. The number of benzene rings is 1. The van der Waals surface area contributed by atoms with Crippen LogP contribution in [-0.2, 0) is 4.79 Å². The summed E-state index contributed by atoms with van der Waals surface area (Å²) in [5.74, 6) is -0.146. The molecule has 2 aromatic rings. The molecule has 1 aromatic heterocycles. The van der Waals surface area contributed by atoms with E-state index in [1.807, 2.05) is 25.1 Å². The van der Waals surface area contributed by atoms with Crippen molar-refractivity contribution in [3.63, 3.8) is 0 Å². The van der Waals surface area contributed by atoms with Gasteiger partial charge in [0.05, 0.1) is 11.9 Å². The van der Waals surface area contributed by atoms with Crippen molar-refractivity contribution in [3.8, 4) is 0 Å². The summed E-state index contributed by atoms with van der Waals surface area (Å²) in [6.07, 6.45) is 1.55. The first-order chi connectivity index (χ1) is 8.18. The molecule has 1 heterocycles. The van der Waals surface area contributed by atoms with E-state index in [1.54, 1.807) is 0 Å². The van der Waals surface area contributed by atoms with Crippen LogP contribution in [0, 0.1) is 6.92 Å². The quantitative estimate of drug-likeness (QED) is 0.839. The van der Waals surface area contributed by atoms with Gasteiger partial charge in [-0.1, -0.05) is 12.1 Å². The number of carbonyl (C=O) groups is 1. The zero-order chi connectivity index (χ0) is 12.3. The van der Waals surface area contributed by atoms with Crippen molar-refractivity contribution < 1.29 is 9.90 Å². The molecule has 5 heteroatoms. The Morgan fingerprint density at radius 3 is 3.00 bits per heavy atom. The lowest BCUT2D eigenvalue weighted by molar-refractivity contribution is -0.136. The number of fused-ring (bicyclic) bond motifs is 1. The predicted octanol–water partition coefficient (Wildman–Crippen LogP) is 1.82. The molecule has 0 unspecified atom stereocenters. The fraction of sp³-hybridized carbons (Fsp3) is 0.250. The molecule has 0 fully saturated rings. The Kier molecular flexibility index (Phi) is 3.18. The highest BCUT2D eigenvalue weighted by Crippen LogP contribution is 2.21. The lowest BCUT2D eigenvalue weighted by atomic mass is 10.1. The van der Waals surface area contributed by atoms with E-state index >= 15 is 0 Å². The SMILES string of the molecule is Cc1cccc2c(NCCC(=O)O)ncnc12. The zero-order valence-electron chi connectivity index (χ0n) is 9.47. The molecule has 2 rings (SSSR count). The normalized spacial score (nSPS) is 10.4. The summed E-state index contributed by atoms with van der Waals surface area (Å²) in [5.41, 5.74) is 1.96. The second-order valence-corrected chi connectivity index (χ2v) is 3.76. The average Bonchev–Trinajstić information content (AvgIpc) is 2.30. The molecule has 0 saturated carbocycles. The van der Waals surface area contributed by atoms with Gasteiger partial charge in [-0.05, 0) is 18.6 Å². The standard InChI is InChI=1S/C12H13N3O2/c1-8-3-2-4-9-11(8)14-7-15-12(9)13-6-5-10(16)17/h2-4,7H,5-6H2,1H3,(H,16,17)(H,13,14,15). The summed E-state index contributed by atoms with van der Waals surface area (Å²) in [6.45, 7) is 2.34. The Labute approximate surface area is 98.5 Å². The van der Waals surface area contributed by atoms with Crippen LogP contribution >= 0.6 is 0 Å². The molecule has 0 radical (unpaired) electrons. The average molecular weight is 231 g/mol. The van der Waals surface area contributed by atoms with E-state index in [0.717, 1.165) is 16.5 Å². The van der Waals surface area contributed by atoms with E-state index in [1.165, 1.54) is 6.33 Å². The van der Waals surface area contributed by atoms with Gasteiger partial charge in [-0.25, -0.2) is 9.97 Å². The molecule has 0 saturated heterocycles. The van der Waals surface area contributed by atoms with Crippen molar-refractivity contribution in [1.29, 1.82) is 0 Å². The van der Waals surface area contributed by atoms with Crippen molar-refractivity contribution in [3.05, 3.63) is 30.1 Å². The van der Waals surface area contributed by atoms with E-state index in [9.17, 15) is 4.79 Å². The van der Waals surface area contributed by atoms with E-state index in [4.69, 9.17) is 5.11 Å². The minimum atomic E-state index is -0.827. The van der Waals surface area contributed by atoms with Crippen LogP contribution < -0.4 is 5.32 Å². The Balaban J connectivity index is 2.28. The van der Waals surface area contributed by atoms with Gasteiger partial charge in [0.15, 0.2) is 0 Å². The second-order valence-electron chi connectivity index (χ2n) is 3.76. The summed E-state index contributed by atoms with van der Waals surface area (Å²) in [4.78, 5) is 18.8. The summed E-state index contributed by atoms with van der Waals surface area (Å²) in [6, 6.07) is 5.84. The number of nitrogens with zero attached hydrogens (tertiary/aromatic N) is 2. The van der Waals surface area contributed by atoms with E-state index in [2.05, 4.69) is 15.3 Å². The highest BCUT2D eigenvalue weighted by Gasteiger charge is 2.05.